The zero-order valence-electron chi connectivity index (χ0n) is 16.8. The molecule has 1 amide bonds. The van der Waals surface area contributed by atoms with Crippen LogP contribution in [0.4, 0.5) is 0 Å². The number of aromatic nitrogens is 1. The standard InChI is InChI=1S/C20H25N3O4S2/c1-9-7-12(5-6-22(9)4)13-8-28-20(21-13)29-17-10(2)15-14(11(3)24)18(25)23(15)16(17)19(26)27/h5,8-11,14-15,24H,6-7H2,1-4H3,(H,26,27). The molecule has 4 rings (SSSR count). The predicted molar refractivity (Wildman–Crippen MR) is 112 cm³/mol. The molecule has 29 heavy (non-hydrogen) atoms. The number of hydrogen-bond donors (Lipinski definition) is 2. The average Bonchev–Trinajstić information content (AvgIpc) is 3.20. The first kappa shape index (κ1) is 20.6. The van der Waals surface area contributed by atoms with Crippen molar-refractivity contribution in [1.82, 2.24) is 14.8 Å². The Morgan fingerprint density at radius 3 is 2.76 bits per heavy atom. The van der Waals surface area contributed by atoms with Crippen molar-refractivity contribution < 1.29 is 19.8 Å². The summed E-state index contributed by atoms with van der Waals surface area (Å²) < 4.78 is 0.775. The molecule has 0 aliphatic carbocycles. The van der Waals surface area contributed by atoms with E-state index in [1.807, 2.05) is 12.3 Å². The van der Waals surface area contributed by atoms with Gasteiger partial charge in [-0.05, 0) is 32.9 Å². The summed E-state index contributed by atoms with van der Waals surface area (Å²) in [5.74, 6) is -2.12. The Labute approximate surface area is 178 Å². The second kappa shape index (κ2) is 7.54. The quantitative estimate of drug-likeness (QED) is 0.686. The van der Waals surface area contributed by atoms with Crippen molar-refractivity contribution >= 4 is 40.5 Å². The number of likely N-dealkylation sites (N-methyl/N-ethyl adjacent to an activating group) is 1. The molecule has 0 spiro atoms. The fraction of sp³-hybridized carbons (Fsp3) is 0.550. The van der Waals surface area contributed by atoms with Gasteiger partial charge in [0.2, 0.25) is 5.91 Å². The third-order valence-electron chi connectivity index (χ3n) is 6.21. The Morgan fingerprint density at radius 1 is 1.41 bits per heavy atom. The van der Waals surface area contributed by atoms with E-state index in [2.05, 4.69) is 24.9 Å². The van der Waals surface area contributed by atoms with E-state index >= 15 is 0 Å². The van der Waals surface area contributed by atoms with Gasteiger partial charge in [0.25, 0.3) is 0 Å². The largest absolute Gasteiger partial charge is 0.477 e. The topological polar surface area (TPSA) is 94.0 Å². The SMILES string of the molecule is CC(O)C1C(=O)N2C(C(=O)O)=C(Sc3nc(C4=CCN(C)C(C)C4)cs3)C(C)C12. The van der Waals surface area contributed by atoms with Crippen molar-refractivity contribution in [2.45, 2.75) is 49.7 Å². The number of carbonyl (C=O) groups excluding carboxylic acids is 1. The molecule has 1 saturated heterocycles. The van der Waals surface area contributed by atoms with E-state index in [9.17, 15) is 19.8 Å². The molecule has 9 heteroatoms. The third-order valence-corrected chi connectivity index (χ3v) is 8.44. The van der Waals surface area contributed by atoms with Crippen molar-refractivity contribution in [3.8, 4) is 0 Å². The van der Waals surface area contributed by atoms with Gasteiger partial charge in [0.05, 0.1) is 23.8 Å². The number of carboxylic acids is 1. The molecule has 4 heterocycles. The summed E-state index contributed by atoms with van der Waals surface area (Å²) in [6.07, 6.45) is 2.33. The summed E-state index contributed by atoms with van der Waals surface area (Å²) in [5, 5.41) is 21.7. The molecule has 1 aromatic heterocycles. The van der Waals surface area contributed by atoms with E-state index < -0.39 is 18.0 Å². The molecule has 0 bridgehead atoms. The first-order chi connectivity index (χ1) is 13.7. The van der Waals surface area contributed by atoms with Gasteiger partial charge in [0.1, 0.15) is 5.70 Å². The van der Waals surface area contributed by atoms with Gasteiger partial charge in [-0.15, -0.1) is 11.3 Å². The lowest BCUT2D eigenvalue weighted by Crippen LogP contribution is -2.63. The van der Waals surface area contributed by atoms with E-state index in [0.717, 1.165) is 23.0 Å². The molecular formula is C20H25N3O4S2. The van der Waals surface area contributed by atoms with Crippen molar-refractivity contribution in [2.24, 2.45) is 11.8 Å². The van der Waals surface area contributed by atoms with Crippen molar-refractivity contribution in [2.75, 3.05) is 13.6 Å². The van der Waals surface area contributed by atoms with Crippen LogP contribution >= 0.6 is 23.1 Å². The number of carbonyl (C=O) groups is 2. The summed E-state index contributed by atoms with van der Waals surface area (Å²) >= 11 is 2.83. The molecule has 0 saturated carbocycles. The number of aliphatic carboxylic acids is 1. The highest BCUT2D eigenvalue weighted by Gasteiger charge is 2.60. The zero-order valence-corrected chi connectivity index (χ0v) is 18.5. The number of hydrogen-bond acceptors (Lipinski definition) is 7. The Morgan fingerprint density at radius 2 is 2.14 bits per heavy atom. The molecule has 156 valence electrons. The molecular weight excluding hydrogens is 410 g/mol. The van der Waals surface area contributed by atoms with Gasteiger partial charge >= 0.3 is 5.97 Å². The van der Waals surface area contributed by atoms with Crippen LogP contribution in [-0.2, 0) is 9.59 Å². The summed E-state index contributed by atoms with van der Waals surface area (Å²) in [6, 6.07) is 0.156. The summed E-state index contributed by atoms with van der Waals surface area (Å²) in [7, 11) is 2.10. The highest BCUT2D eigenvalue weighted by atomic mass is 32.2. The number of nitrogens with zero attached hydrogens (tertiary/aromatic N) is 3. The van der Waals surface area contributed by atoms with E-state index in [-0.39, 0.29) is 23.6 Å². The lowest BCUT2D eigenvalue weighted by atomic mass is 9.79. The number of β-lactam (4-membered cyclic amide) rings is 1. The van der Waals surface area contributed by atoms with E-state index in [4.69, 9.17) is 4.98 Å². The summed E-state index contributed by atoms with van der Waals surface area (Å²) in [4.78, 5) is 33.4. The predicted octanol–water partition coefficient (Wildman–Crippen LogP) is 2.50. The molecule has 2 N–H and O–H groups in total. The van der Waals surface area contributed by atoms with Crippen LogP contribution in [0.2, 0.25) is 0 Å². The fourth-order valence-electron chi connectivity index (χ4n) is 4.40. The van der Waals surface area contributed by atoms with Crippen LogP contribution in [0.1, 0.15) is 32.9 Å². The number of thioether (sulfide) groups is 1. The third kappa shape index (κ3) is 3.34. The number of fused-ring (bicyclic) bond motifs is 1. The van der Waals surface area contributed by atoms with Crippen LogP contribution in [0.25, 0.3) is 5.57 Å². The maximum absolute atomic E-state index is 12.4. The first-order valence-electron chi connectivity index (χ1n) is 9.72. The van der Waals surface area contributed by atoms with E-state index in [1.54, 1.807) is 6.92 Å². The number of aliphatic hydroxyl groups excluding tert-OH is 1. The Bertz CT molecular complexity index is 923. The van der Waals surface area contributed by atoms with Crippen LogP contribution < -0.4 is 0 Å². The molecule has 3 aliphatic rings. The number of amides is 1. The van der Waals surface area contributed by atoms with Gasteiger partial charge in [-0.1, -0.05) is 24.8 Å². The number of aliphatic hydroxyl groups is 1. The van der Waals surface area contributed by atoms with Gasteiger partial charge in [0.15, 0.2) is 4.34 Å². The maximum Gasteiger partial charge on any atom is 0.353 e. The minimum Gasteiger partial charge on any atom is -0.477 e. The lowest BCUT2D eigenvalue weighted by Gasteiger charge is -2.46. The highest BCUT2D eigenvalue weighted by Crippen LogP contribution is 2.52. The van der Waals surface area contributed by atoms with Gasteiger partial charge in [-0.3, -0.25) is 9.69 Å². The number of rotatable bonds is 5. The monoisotopic (exact) mass is 435 g/mol. The molecule has 1 aromatic rings. The average molecular weight is 436 g/mol. The molecule has 5 atom stereocenters. The molecule has 5 unspecified atom stereocenters. The van der Waals surface area contributed by atoms with Gasteiger partial charge in [0, 0.05) is 28.8 Å². The first-order valence-corrected chi connectivity index (χ1v) is 11.4. The number of carboxylic acid groups (broad SMARTS) is 1. The smallest absolute Gasteiger partial charge is 0.353 e. The Hall–Kier alpha value is -1.68. The van der Waals surface area contributed by atoms with E-state index in [1.165, 1.54) is 33.6 Å². The summed E-state index contributed by atoms with van der Waals surface area (Å²) in [5.41, 5.74) is 2.21. The molecule has 1 fully saturated rings. The number of thiazole rings is 1. The molecule has 3 aliphatic heterocycles. The molecule has 7 nitrogen and oxygen atoms in total. The zero-order chi connectivity index (χ0) is 21.0. The molecule has 0 aromatic carbocycles. The van der Waals surface area contributed by atoms with Crippen LogP contribution in [0, 0.1) is 11.8 Å². The van der Waals surface area contributed by atoms with Crippen LogP contribution in [0.5, 0.6) is 0 Å². The van der Waals surface area contributed by atoms with Crippen molar-refractivity contribution in [3.05, 3.63) is 27.8 Å². The van der Waals surface area contributed by atoms with Gasteiger partial charge in [-0.2, -0.15) is 0 Å². The van der Waals surface area contributed by atoms with Crippen molar-refractivity contribution in [1.29, 1.82) is 0 Å². The van der Waals surface area contributed by atoms with Crippen LogP contribution in [-0.4, -0.2) is 68.7 Å². The second-order valence-corrected chi connectivity index (χ2v) is 10.2. The fourth-order valence-corrected chi connectivity index (χ4v) is 6.52. The van der Waals surface area contributed by atoms with E-state index in [0.29, 0.717) is 10.9 Å². The van der Waals surface area contributed by atoms with Crippen LogP contribution in [0.15, 0.2) is 26.4 Å². The lowest BCUT2D eigenvalue weighted by molar-refractivity contribution is -0.163. The van der Waals surface area contributed by atoms with Gasteiger partial charge < -0.3 is 15.1 Å². The van der Waals surface area contributed by atoms with Crippen LogP contribution in [0.3, 0.4) is 0 Å². The Balaban J connectivity index is 1.59. The normalized spacial score (nSPS) is 30.9. The minimum absolute atomic E-state index is 0.0401. The maximum atomic E-state index is 12.4. The molecule has 0 radical (unpaired) electrons. The Kier molecular flexibility index (Phi) is 5.35. The van der Waals surface area contributed by atoms with Crippen molar-refractivity contribution in [3.63, 3.8) is 0 Å². The second-order valence-electron chi connectivity index (χ2n) is 8.09. The minimum atomic E-state index is -1.11. The van der Waals surface area contributed by atoms with Gasteiger partial charge in [-0.25, -0.2) is 9.78 Å². The highest BCUT2D eigenvalue weighted by molar-refractivity contribution is 8.04. The summed E-state index contributed by atoms with van der Waals surface area (Å²) in [6.45, 7) is 6.59.